The van der Waals surface area contributed by atoms with Gasteiger partial charge in [0.05, 0.1) is 5.92 Å². The van der Waals surface area contributed by atoms with Crippen LogP contribution in [0.3, 0.4) is 0 Å². The molecule has 18 heavy (non-hydrogen) atoms. The Kier molecular flexibility index (Phi) is 6.16. The Morgan fingerprint density at radius 3 is 2.39 bits per heavy atom. The fourth-order valence-corrected chi connectivity index (χ4v) is 2.46. The van der Waals surface area contributed by atoms with Gasteiger partial charge >= 0.3 is 5.97 Å². The van der Waals surface area contributed by atoms with Crippen molar-refractivity contribution in [3.05, 3.63) is 0 Å². The van der Waals surface area contributed by atoms with Gasteiger partial charge in [-0.05, 0) is 19.3 Å². The molecule has 1 rings (SSSR count). The first-order valence-corrected chi connectivity index (χ1v) is 7.09. The zero-order valence-electron chi connectivity index (χ0n) is 11.4. The first kappa shape index (κ1) is 15.0. The van der Waals surface area contributed by atoms with E-state index in [1.54, 1.807) is 0 Å². The Labute approximate surface area is 109 Å². The van der Waals surface area contributed by atoms with Gasteiger partial charge in [-0.2, -0.15) is 0 Å². The number of amides is 1. The minimum atomic E-state index is -0.772. The third kappa shape index (κ3) is 4.31. The number of carbonyl (C=O) groups excluding carboxylic acids is 1. The number of carboxylic acid groups (broad SMARTS) is 1. The summed E-state index contributed by atoms with van der Waals surface area (Å²) in [5.41, 5.74) is 0. The molecular formula is C14H25NO3. The van der Waals surface area contributed by atoms with Crippen LogP contribution in [0.4, 0.5) is 0 Å². The molecular weight excluding hydrogens is 230 g/mol. The number of hydrogen-bond donors (Lipinski definition) is 2. The molecule has 1 aliphatic rings. The molecule has 1 saturated carbocycles. The second-order valence-corrected chi connectivity index (χ2v) is 5.36. The van der Waals surface area contributed by atoms with Crippen molar-refractivity contribution < 1.29 is 14.7 Å². The summed E-state index contributed by atoms with van der Waals surface area (Å²) in [4.78, 5) is 23.2. The van der Waals surface area contributed by atoms with E-state index < -0.39 is 11.9 Å². The highest BCUT2D eigenvalue weighted by molar-refractivity contribution is 5.79. The van der Waals surface area contributed by atoms with Crippen LogP contribution in [-0.4, -0.2) is 23.0 Å². The Morgan fingerprint density at radius 1 is 1.22 bits per heavy atom. The van der Waals surface area contributed by atoms with E-state index in [1.807, 2.05) is 13.8 Å². The van der Waals surface area contributed by atoms with Crippen LogP contribution in [0.1, 0.15) is 58.8 Å². The van der Waals surface area contributed by atoms with E-state index in [2.05, 4.69) is 5.32 Å². The topological polar surface area (TPSA) is 66.4 Å². The molecule has 0 heterocycles. The lowest BCUT2D eigenvalue weighted by Gasteiger charge is -2.28. The van der Waals surface area contributed by atoms with E-state index in [1.165, 1.54) is 0 Å². The zero-order valence-corrected chi connectivity index (χ0v) is 11.4. The highest BCUT2D eigenvalue weighted by Crippen LogP contribution is 2.23. The van der Waals surface area contributed by atoms with Gasteiger partial charge in [-0.15, -0.1) is 0 Å². The van der Waals surface area contributed by atoms with Gasteiger partial charge < -0.3 is 10.4 Å². The predicted octanol–water partition coefficient (Wildman–Crippen LogP) is 2.57. The third-order valence-electron chi connectivity index (χ3n) is 3.97. The molecule has 4 heteroatoms. The fourth-order valence-electron chi connectivity index (χ4n) is 2.46. The van der Waals surface area contributed by atoms with Crippen molar-refractivity contribution in [2.75, 3.05) is 0 Å². The summed E-state index contributed by atoms with van der Waals surface area (Å²) >= 11 is 0. The number of aliphatic carboxylic acids is 1. The lowest BCUT2D eigenvalue weighted by molar-refractivity contribution is -0.143. The van der Waals surface area contributed by atoms with Crippen LogP contribution < -0.4 is 5.32 Å². The molecule has 104 valence electrons. The SMILES string of the molecule is CCC(C)C(=O)NC1CCCCCCC1C(=O)O. The van der Waals surface area contributed by atoms with E-state index in [-0.39, 0.29) is 17.9 Å². The molecule has 2 N–H and O–H groups in total. The molecule has 0 aliphatic heterocycles. The molecule has 0 spiro atoms. The maximum Gasteiger partial charge on any atom is 0.308 e. The molecule has 3 unspecified atom stereocenters. The lowest BCUT2D eigenvalue weighted by Crippen LogP contribution is -2.45. The van der Waals surface area contributed by atoms with Crippen LogP contribution in [0.25, 0.3) is 0 Å². The lowest BCUT2D eigenvalue weighted by atomic mass is 9.86. The number of carbonyl (C=O) groups is 2. The van der Waals surface area contributed by atoms with E-state index in [0.717, 1.165) is 38.5 Å². The Morgan fingerprint density at radius 2 is 1.83 bits per heavy atom. The second kappa shape index (κ2) is 7.39. The maximum absolute atomic E-state index is 11.9. The van der Waals surface area contributed by atoms with Crippen LogP contribution in [0.2, 0.25) is 0 Å². The van der Waals surface area contributed by atoms with Crippen LogP contribution in [-0.2, 0) is 9.59 Å². The molecule has 1 aliphatic carbocycles. The molecule has 0 bridgehead atoms. The highest BCUT2D eigenvalue weighted by atomic mass is 16.4. The van der Waals surface area contributed by atoms with Crippen molar-refractivity contribution in [3.63, 3.8) is 0 Å². The minimum Gasteiger partial charge on any atom is -0.481 e. The van der Waals surface area contributed by atoms with Gasteiger partial charge in [0.2, 0.25) is 5.91 Å². The first-order valence-electron chi connectivity index (χ1n) is 7.09. The highest BCUT2D eigenvalue weighted by Gasteiger charge is 2.30. The van der Waals surface area contributed by atoms with Gasteiger partial charge in [0.1, 0.15) is 0 Å². The summed E-state index contributed by atoms with van der Waals surface area (Å²) in [6, 6.07) is -0.190. The average Bonchev–Trinajstić information content (AvgIpc) is 2.30. The van der Waals surface area contributed by atoms with Crippen molar-refractivity contribution in [3.8, 4) is 0 Å². The van der Waals surface area contributed by atoms with Gasteiger partial charge in [-0.25, -0.2) is 0 Å². The van der Waals surface area contributed by atoms with E-state index in [9.17, 15) is 14.7 Å². The summed E-state index contributed by atoms with van der Waals surface area (Å²) in [6.07, 6.45) is 6.47. The number of rotatable bonds is 4. The second-order valence-electron chi connectivity index (χ2n) is 5.36. The van der Waals surface area contributed by atoms with Gasteiger partial charge in [0.25, 0.3) is 0 Å². The quantitative estimate of drug-likeness (QED) is 0.811. The normalized spacial score (nSPS) is 26.8. The van der Waals surface area contributed by atoms with Crippen molar-refractivity contribution >= 4 is 11.9 Å². The Bertz CT molecular complexity index is 291. The first-order chi connectivity index (χ1) is 8.56. The number of hydrogen-bond acceptors (Lipinski definition) is 2. The van der Waals surface area contributed by atoms with Gasteiger partial charge in [-0.3, -0.25) is 9.59 Å². The number of nitrogens with one attached hydrogen (secondary N) is 1. The van der Waals surface area contributed by atoms with Crippen molar-refractivity contribution in [2.24, 2.45) is 11.8 Å². The van der Waals surface area contributed by atoms with Gasteiger partial charge in [0.15, 0.2) is 0 Å². The Balaban J connectivity index is 2.66. The van der Waals surface area contributed by atoms with Crippen LogP contribution in [0.15, 0.2) is 0 Å². The summed E-state index contributed by atoms with van der Waals surface area (Å²) in [7, 11) is 0. The summed E-state index contributed by atoms with van der Waals surface area (Å²) in [5.74, 6) is -1.23. The van der Waals surface area contributed by atoms with Gasteiger partial charge in [0, 0.05) is 12.0 Å². The minimum absolute atomic E-state index is 0.00526. The zero-order chi connectivity index (χ0) is 13.5. The molecule has 0 aromatic carbocycles. The standard InChI is InChI=1S/C14H25NO3/c1-3-10(2)13(16)15-12-9-7-5-4-6-8-11(12)14(17)18/h10-12H,3-9H2,1-2H3,(H,15,16)(H,17,18). The molecule has 3 atom stereocenters. The maximum atomic E-state index is 11.9. The molecule has 4 nitrogen and oxygen atoms in total. The van der Waals surface area contributed by atoms with E-state index in [4.69, 9.17) is 0 Å². The summed E-state index contributed by atoms with van der Waals surface area (Å²) in [6.45, 7) is 3.85. The smallest absolute Gasteiger partial charge is 0.308 e. The van der Waals surface area contributed by atoms with Crippen molar-refractivity contribution in [1.82, 2.24) is 5.32 Å². The molecule has 0 aromatic rings. The molecule has 0 saturated heterocycles. The number of carboxylic acids is 1. The Hall–Kier alpha value is -1.06. The van der Waals surface area contributed by atoms with Crippen LogP contribution in [0, 0.1) is 11.8 Å². The monoisotopic (exact) mass is 255 g/mol. The van der Waals surface area contributed by atoms with Crippen molar-refractivity contribution in [2.45, 2.75) is 64.8 Å². The third-order valence-corrected chi connectivity index (χ3v) is 3.97. The molecule has 1 fully saturated rings. The molecule has 1 amide bonds. The van der Waals surface area contributed by atoms with Crippen LogP contribution in [0.5, 0.6) is 0 Å². The van der Waals surface area contributed by atoms with Crippen molar-refractivity contribution in [1.29, 1.82) is 0 Å². The summed E-state index contributed by atoms with van der Waals surface area (Å²) < 4.78 is 0. The fraction of sp³-hybridized carbons (Fsp3) is 0.857. The predicted molar refractivity (Wildman–Crippen MR) is 70.2 cm³/mol. The summed E-state index contributed by atoms with van der Waals surface area (Å²) in [5, 5.41) is 12.2. The largest absolute Gasteiger partial charge is 0.481 e. The molecule has 0 radical (unpaired) electrons. The van der Waals surface area contributed by atoms with Gasteiger partial charge in [-0.1, -0.05) is 39.5 Å². The van der Waals surface area contributed by atoms with E-state index in [0.29, 0.717) is 6.42 Å². The van der Waals surface area contributed by atoms with E-state index >= 15 is 0 Å². The van der Waals surface area contributed by atoms with Crippen LogP contribution >= 0.6 is 0 Å². The average molecular weight is 255 g/mol. The molecule has 0 aromatic heterocycles.